The number of allylic oxidation sites excluding steroid dienone is 2. The average Bonchev–Trinajstić information content (AvgIpc) is 3.60. The molecule has 4 aromatic carbocycles. The van der Waals surface area contributed by atoms with Gasteiger partial charge in [-0.1, -0.05) is 0 Å². The Morgan fingerprint density at radius 2 is 1.31 bits per heavy atom. The summed E-state index contributed by atoms with van der Waals surface area (Å²) in [4.78, 5) is 0. The molecule has 0 saturated heterocycles. The molecule has 0 aliphatic heterocycles. The number of aryl methyl sites for hydroxylation is 1. The molecule has 0 fully saturated rings. The van der Waals surface area contributed by atoms with Gasteiger partial charge in [-0.3, -0.25) is 0 Å². The summed E-state index contributed by atoms with van der Waals surface area (Å²) in [7, 11) is 17.3. The van der Waals surface area contributed by atoms with Gasteiger partial charge in [-0.15, -0.1) is 0 Å². The molecule has 4 aromatic rings. The predicted molar refractivity (Wildman–Crippen MR) is 186 cm³/mol. The molecule has 0 nitrogen and oxygen atoms in total. The zero-order valence-electron chi connectivity index (χ0n) is 25.6. The molecule has 42 heavy (non-hydrogen) atoms. The molecule has 4 heteroatoms. The van der Waals surface area contributed by atoms with Crippen LogP contribution in [0.2, 0.25) is 13.1 Å². The van der Waals surface area contributed by atoms with Crippen LogP contribution in [0.4, 0.5) is 0 Å². The second-order valence-corrected chi connectivity index (χ2v) is 55.4. The third-order valence-corrected chi connectivity index (χ3v) is 61.7. The maximum atomic E-state index is 8.63. The van der Waals surface area contributed by atoms with Gasteiger partial charge < -0.3 is 0 Å². The van der Waals surface area contributed by atoms with Crippen molar-refractivity contribution in [2.24, 2.45) is 5.92 Å². The van der Waals surface area contributed by atoms with E-state index in [1.165, 1.54) is 61.2 Å². The second-order valence-electron chi connectivity index (χ2n) is 12.9. The zero-order valence-corrected chi connectivity index (χ0v) is 30.7. The van der Waals surface area contributed by atoms with Crippen LogP contribution in [0.1, 0.15) is 62.3 Å². The fourth-order valence-corrected chi connectivity index (χ4v) is 39.5. The standard InChI is InChI=1S/2C18H17.C2H7Si.2ClH.Zr/c1-13(2)16-11-15-9-6-10-17(18(15)12-16)14-7-4-3-5-8-14;1-3-14-11-17-13(2)9-10-16(18(17)12-14)15-7-5-4-6-8-15;1-3-2;;;/h3-13H,1-2H3;4-12H,3H2,1-2H3;3H,1-2H3;2*1H;/q;;;;;+2/p-2. The number of halogens is 2. The topological polar surface area (TPSA) is 0 Å². The second kappa shape index (κ2) is 11.2. The molecule has 2 atom stereocenters. The van der Waals surface area contributed by atoms with E-state index in [1.54, 1.807) is 0 Å². The molecule has 0 aromatic heterocycles. The third-order valence-electron chi connectivity index (χ3n) is 10.0. The van der Waals surface area contributed by atoms with Gasteiger partial charge in [0.15, 0.2) is 0 Å². The Balaban J connectivity index is 1.63. The van der Waals surface area contributed by atoms with E-state index >= 15 is 0 Å². The maximum absolute atomic E-state index is 8.63. The van der Waals surface area contributed by atoms with E-state index in [0.717, 1.165) is 6.42 Å². The van der Waals surface area contributed by atoms with Crippen molar-refractivity contribution < 1.29 is 15.6 Å². The van der Waals surface area contributed by atoms with Gasteiger partial charge >= 0.3 is 263 Å². The summed E-state index contributed by atoms with van der Waals surface area (Å²) < 4.78 is 0.217. The van der Waals surface area contributed by atoms with Crippen molar-refractivity contribution in [3.8, 4) is 22.3 Å². The molecule has 0 saturated carbocycles. The van der Waals surface area contributed by atoms with Gasteiger partial charge in [0.1, 0.15) is 0 Å². The van der Waals surface area contributed by atoms with Crippen molar-refractivity contribution in [2.75, 3.05) is 0 Å². The first-order valence-electron chi connectivity index (χ1n) is 15.4. The Labute approximate surface area is 261 Å². The van der Waals surface area contributed by atoms with Gasteiger partial charge in [-0.25, -0.2) is 0 Å². The minimum atomic E-state index is -4.80. The summed E-state index contributed by atoms with van der Waals surface area (Å²) >= 11 is -4.80. The Morgan fingerprint density at radius 3 is 1.86 bits per heavy atom. The average molecular weight is 688 g/mol. The molecular formula is C38H41Cl2SiZr. The van der Waals surface area contributed by atoms with Gasteiger partial charge in [0.25, 0.3) is 0 Å². The summed E-state index contributed by atoms with van der Waals surface area (Å²) in [6.45, 7) is 14.1. The molecule has 0 N–H and O–H groups in total. The van der Waals surface area contributed by atoms with Crippen molar-refractivity contribution in [1.82, 2.24) is 0 Å². The number of rotatable bonds is 7. The van der Waals surface area contributed by atoms with E-state index in [2.05, 4.69) is 144 Å². The van der Waals surface area contributed by atoms with Crippen LogP contribution in [-0.4, -0.2) is 5.92 Å². The third kappa shape index (κ3) is 4.56. The summed E-state index contributed by atoms with van der Waals surface area (Å²) in [5, 5.41) is 0. The predicted octanol–water partition coefficient (Wildman–Crippen LogP) is 12.0. The fourth-order valence-electron chi connectivity index (χ4n) is 7.79. The van der Waals surface area contributed by atoms with E-state index in [9.17, 15) is 0 Å². The SMILES string of the molecule is CCC1=Cc2c(-c3ccccc3)ccc(C)c2[CH]1[Zr]([Cl])([Cl])([CH]1C(C(C)C)=Cc2c(-c3ccccc3)cccc21)[SiH](C)C. The van der Waals surface area contributed by atoms with Gasteiger partial charge in [-0.05, 0) is 0 Å². The Hall–Kier alpha value is -1.96. The van der Waals surface area contributed by atoms with Crippen LogP contribution in [0.25, 0.3) is 34.4 Å². The van der Waals surface area contributed by atoms with Crippen molar-refractivity contribution >= 4 is 35.1 Å². The van der Waals surface area contributed by atoms with Crippen molar-refractivity contribution in [1.29, 1.82) is 0 Å². The minimum absolute atomic E-state index is 0.103. The molecular weight excluding hydrogens is 647 g/mol. The molecule has 0 bridgehead atoms. The van der Waals surface area contributed by atoms with E-state index in [0.29, 0.717) is 5.92 Å². The molecule has 2 unspecified atom stereocenters. The van der Waals surface area contributed by atoms with E-state index in [4.69, 9.17) is 17.0 Å². The number of fused-ring (bicyclic) bond motifs is 2. The van der Waals surface area contributed by atoms with Crippen LogP contribution in [0.5, 0.6) is 0 Å². The molecule has 6 rings (SSSR count). The van der Waals surface area contributed by atoms with Crippen LogP contribution in [0.15, 0.2) is 102 Å². The van der Waals surface area contributed by atoms with Crippen LogP contribution >= 0.6 is 17.0 Å². The Bertz CT molecular complexity index is 1720. The van der Waals surface area contributed by atoms with Crippen molar-refractivity contribution in [2.45, 2.75) is 54.5 Å². The summed E-state index contributed by atoms with van der Waals surface area (Å²) in [5.41, 5.74) is 14.7. The zero-order chi connectivity index (χ0) is 29.8. The van der Waals surface area contributed by atoms with Gasteiger partial charge in [0.05, 0.1) is 0 Å². The molecule has 0 heterocycles. The Kier molecular flexibility index (Phi) is 8.02. The summed E-state index contributed by atoms with van der Waals surface area (Å²) in [5.74, 6) is -1.25. The van der Waals surface area contributed by atoms with Crippen molar-refractivity contribution in [3.05, 3.63) is 130 Å². The number of hydrogen-bond acceptors (Lipinski definition) is 0. The quantitative estimate of drug-likeness (QED) is 0.170. The molecule has 0 radical (unpaired) electrons. The van der Waals surface area contributed by atoms with E-state index in [-0.39, 0.29) is 7.25 Å². The van der Waals surface area contributed by atoms with Crippen LogP contribution in [0, 0.1) is 12.8 Å². The van der Waals surface area contributed by atoms with Crippen LogP contribution < -0.4 is 0 Å². The fraction of sp³-hybridized carbons (Fsp3) is 0.263. The van der Waals surface area contributed by atoms with Crippen LogP contribution in [0.3, 0.4) is 0 Å². The van der Waals surface area contributed by atoms with Crippen LogP contribution in [-0.2, 0) is 15.6 Å². The van der Waals surface area contributed by atoms with Crippen molar-refractivity contribution in [3.63, 3.8) is 0 Å². The number of hydrogen-bond donors (Lipinski definition) is 0. The van der Waals surface area contributed by atoms with E-state index < -0.39 is 21.5 Å². The van der Waals surface area contributed by atoms with Gasteiger partial charge in [0.2, 0.25) is 0 Å². The summed E-state index contributed by atoms with van der Waals surface area (Å²) in [6.07, 6.45) is 5.90. The molecule has 0 spiro atoms. The normalized spacial score (nSPS) is 18.9. The van der Waals surface area contributed by atoms with Gasteiger partial charge in [-0.2, -0.15) is 0 Å². The Morgan fingerprint density at radius 1 is 0.714 bits per heavy atom. The first kappa shape index (κ1) is 30.1. The molecule has 215 valence electrons. The summed E-state index contributed by atoms with van der Waals surface area (Å²) in [6, 6.07) is 33.0. The molecule has 2 aliphatic rings. The first-order chi connectivity index (χ1) is 20.1. The monoisotopic (exact) mass is 685 g/mol. The van der Waals surface area contributed by atoms with E-state index in [1.807, 2.05) is 0 Å². The molecule has 0 amide bonds. The number of benzene rings is 4. The van der Waals surface area contributed by atoms with Gasteiger partial charge in [0, 0.05) is 0 Å². The first-order valence-corrected chi connectivity index (χ1v) is 31.8. The molecule has 2 aliphatic carbocycles.